The van der Waals surface area contributed by atoms with Crippen LogP contribution in [0.4, 0.5) is 0 Å². The molecule has 11 rings (SSSR count). The standard InChI is InChI=1S/C77H132N2O55/c1-19-23(5)116-31(13-85)56(39(19)93)125-66-20(2)40(94)58(33(15-87)120-66)127-70-54(108)62(129-73-65(52(106)46(100)29(11-83)119-73)131-68-22(4)42(96)59(34(16-88)122-68)128-71-55(109)63(48(102)30(12-84)117-71)134-77(75(112)113)7-25(90)38(79)61(133-77)44(98)27(92)9-81)49(103)35(123-70)17-114-72-64(51(105)45(99)28(10-82)118-72)130-67-21(3)41(95)57(32(14-86)121-67)126-69-53(107)50(104)47(101)36(124-69)18-115-76(74(110)111)6-24(89)37(78)60(132-76)43(97)26(91)8-80/h19-73,80-109H,6-18,78-79H2,1-5H3,(H,110,111)(H,112,113)/t19-,20?,21?,22?,23+,24-,25-,26-,27-,28?,29-,30?,31?,32+,33?,34?,35?,36?,37-,38-,39?,40-,41?,42-,43-,44-,45-,46-,47+,48+,49-,50?,51?,52?,53+,54-,55+,56-,57-,58-,59-,60?,61?,62?,63?,64-,65?,66+,67+,68+,69+,70+,71+,72+,73-,76-,77+/m1/s1. The highest BCUT2D eigenvalue weighted by atomic mass is 16.8. The molecule has 11 aliphatic rings. The summed E-state index contributed by atoms with van der Waals surface area (Å²) >= 11 is 0. The summed E-state index contributed by atoms with van der Waals surface area (Å²) < 4.78 is 126. The summed E-state index contributed by atoms with van der Waals surface area (Å²) in [6.45, 7) is -4.79. The van der Waals surface area contributed by atoms with Gasteiger partial charge in [0.05, 0.1) is 127 Å². The molecule has 0 aromatic heterocycles. The van der Waals surface area contributed by atoms with Gasteiger partial charge in [0.2, 0.25) is 0 Å². The fourth-order valence-electron chi connectivity index (χ4n) is 18.1. The molecule has 11 fully saturated rings. The van der Waals surface area contributed by atoms with Crippen LogP contribution in [0.2, 0.25) is 0 Å². The number of carboxylic acids is 2. The summed E-state index contributed by atoms with van der Waals surface area (Å²) in [7, 11) is 0. The van der Waals surface area contributed by atoms with Crippen LogP contribution in [0.5, 0.6) is 0 Å². The number of aliphatic hydroxyl groups is 30. The molecule has 0 radical (unpaired) electrons. The summed E-state index contributed by atoms with van der Waals surface area (Å²) in [6.07, 6.45) is -99.7. The van der Waals surface area contributed by atoms with Gasteiger partial charge >= 0.3 is 11.9 Å². The fraction of sp³-hybridized carbons (Fsp3) is 0.974. The van der Waals surface area contributed by atoms with Crippen LogP contribution in [0.15, 0.2) is 0 Å². The highest BCUT2D eigenvalue weighted by Crippen LogP contribution is 2.45. The number of nitrogens with two attached hydrogens (primary N) is 2. The first kappa shape index (κ1) is 111. The maximum absolute atomic E-state index is 13.1. The second-order valence-corrected chi connectivity index (χ2v) is 35.7. The predicted molar refractivity (Wildman–Crippen MR) is 417 cm³/mol. The molecule has 11 heterocycles. The van der Waals surface area contributed by atoms with Crippen molar-refractivity contribution in [2.24, 2.45) is 35.1 Å². The number of rotatable bonds is 37. The van der Waals surface area contributed by atoms with E-state index in [-0.39, 0.29) is 0 Å². The van der Waals surface area contributed by atoms with E-state index in [0.29, 0.717) is 0 Å². The van der Waals surface area contributed by atoms with Crippen molar-refractivity contribution in [2.75, 3.05) is 72.7 Å². The topological polar surface area (TPSA) is 927 Å². The largest absolute Gasteiger partial charge is 0.477 e. The first-order chi connectivity index (χ1) is 63.2. The molecule has 11 aliphatic heterocycles. The number of aliphatic hydroxyl groups excluding tert-OH is 30. The van der Waals surface area contributed by atoms with Crippen LogP contribution >= 0.6 is 0 Å². The molecule has 0 saturated carbocycles. The van der Waals surface area contributed by atoms with Crippen molar-refractivity contribution in [2.45, 2.75) is 372 Å². The Morgan fingerprint density at radius 3 is 1.04 bits per heavy atom. The molecule has 0 amide bonds. The molecule has 0 aromatic rings. The van der Waals surface area contributed by atoms with Crippen molar-refractivity contribution >= 4 is 11.9 Å². The second kappa shape index (κ2) is 47.1. The van der Waals surface area contributed by atoms with Gasteiger partial charge in [0.25, 0.3) is 11.6 Å². The van der Waals surface area contributed by atoms with E-state index in [1.54, 1.807) is 13.8 Å². The van der Waals surface area contributed by atoms with E-state index in [4.69, 9.17) is 111 Å². The molecule has 11 saturated heterocycles. The Morgan fingerprint density at radius 2 is 0.619 bits per heavy atom. The van der Waals surface area contributed by atoms with Gasteiger partial charge in [-0.2, -0.15) is 0 Å². The lowest BCUT2D eigenvalue weighted by Crippen LogP contribution is -2.70. The minimum Gasteiger partial charge on any atom is -0.477 e. The SMILES string of the molecule is CC1C(O)[C@H](O[C@@H]2OC(CO[C@]3(C(=O)O)C[C@@H](O)[C@@H](N)C([C@H](O)[C@H](O)CO)O3)[C@H](O)C(O)[C@@H]2O)[C@H](CO)O[C@H]1O[C@@H]1C(O)[C@H](O)C(CO)O[C@@H]1OCC1O[C@@H](O[C@@H]2C(CO)O[C@@H](O[C@@H]3C(CO)O[C@@H](C)[C@@H](C)C3O)C(C)[C@H]2O)[C@H](O)C(O[C@H]2O[C@H](CO)[C@@H](O)C(O)C2O[C@@H]2OC(CO)[C@@H](O[C@@H]3OC(CO)[C@H](O)C(O[C@]4(C(=O)O)C[C@@H](O)[C@@H](N)C([C@H](O)[C@H](O)CO)O4)[C@@H]3O)[C@H](O)C2C)[C@@H]1O. The van der Waals surface area contributed by atoms with Gasteiger partial charge in [-0.15, -0.1) is 0 Å². The molecule has 0 aromatic carbocycles. The van der Waals surface area contributed by atoms with Gasteiger partial charge in [0.1, 0.15) is 208 Å². The Labute approximate surface area is 761 Å². The molecular formula is C77H132N2O55. The van der Waals surface area contributed by atoms with Crippen LogP contribution in [-0.2, 0) is 109 Å². The summed E-state index contributed by atoms with van der Waals surface area (Å²) in [5.74, 6) is -15.0. The molecule has 57 heteroatoms. The minimum absolute atomic E-state index is 0.586. The predicted octanol–water partition coefficient (Wildman–Crippen LogP) is -20.5. The lowest BCUT2D eigenvalue weighted by atomic mass is 9.88. The zero-order valence-electron chi connectivity index (χ0n) is 72.8. The smallest absolute Gasteiger partial charge is 0.364 e. The van der Waals surface area contributed by atoms with Crippen LogP contribution in [0, 0.1) is 23.7 Å². The van der Waals surface area contributed by atoms with Gasteiger partial charge < -0.3 is 274 Å². The highest BCUT2D eigenvalue weighted by Gasteiger charge is 2.64. The summed E-state index contributed by atoms with van der Waals surface area (Å²) in [5.41, 5.74) is 12.0. The van der Waals surface area contributed by atoms with Crippen molar-refractivity contribution in [3.8, 4) is 0 Å². The number of hydrogen-bond acceptors (Lipinski definition) is 55. The number of aliphatic carboxylic acids is 2. The maximum atomic E-state index is 13.1. The van der Waals surface area contributed by atoms with Gasteiger partial charge in [0.15, 0.2) is 50.3 Å². The lowest BCUT2D eigenvalue weighted by Gasteiger charge is -2.51. The summed E-state index contributed by atoms with van der Waals surface area (Å²) in [6, 6.07) is -3.25. The second-order valence-electron chi connectivity index (χ2n) is 35.7. The van der Waals surface area contributed by atoms with Gasteiger partial charge in [0, 0.05) is 36.5 Å². The Bertz CT molecular complexity index is 3610. The van der Waals surface area contributed by atoms with Crippen molar-refractivity contribution < 1.29 is 272 Å². The zero-order valence-corrected chi connectivity index (χ0v) is 72.8. The first-order valence-electron chi connectivity index (χ1n) is 43.7. The first-order valence-corrected chi connectivity index (χ1v) is 43.7. The Morgan fingerprint density at radius 1 is 0.313 bits per heavy atom. The number of carboxylic acid groups (broad SMARTS) is 2. The summed E-state index contributed by atoms with van der Waals surface area (Å²) in [4.78, 5) is 25.9. The Kier molecular flexibility index (Phi) is 39.1. The van der Waals surface area contributed by atoms with E-state index in [9.17, 15) is 173 Å². The van der Waals surface area contributed by atoms with E-state index < -0.39 is 445 Å². The molecule has 0 spiro atoms. The molecule has 36 N–H and O–H groups in total. The zero-order chi connectivity index (χ0) is 99.0. The van der Waals surface area contributed by atoms with E-state index in [1.165, 1.54) is 20.8 Å². The fourth-order valence-corrected chi connectivity index (χ4v) is 18.1. The number of ether oxygens (including phenoxy) is 21. The minimum atomic E-state index is -3.18. The third-order valence-corrected chi connectivity index (χ3v) is 26.8. The lowest BCUT2D eigenvalue weighted by molar-refractivity contribution is -0.404. The number of hydrogen-bond donors (Lipinski definition) is 34. The quantitative estimate of drug-likeness (QED) is 0.0275. The van der Waals surface area contributed by atoms with Crippen LogP contribution in [0.1, 0.15) is 47.5 Å². The average Bonchev–Trinajstić information content (AvgIpc) is 0.754. The third-order valence-electron chi connectivity index (χ3n) is 26.8. The van der Waals surface area contributed by atoms with Crippen LogP contribution in [0.3, 0.4) is 0 Å². The van der Waals surface area contributed by atoms with Gasteiger partial charge in [-0.25, -0.2) is 9.59 Å². The molecule has 780 valence electrons. The van der Waals surface area contributed by atoms with Crippen LogP contribution in [0.25, 0.3) is 0 Å². The number of carbonyl (C=O) groups is 2. The highest BCUT2D eigenvalue weighted by molar-refractivity contribution is 5.76. The van der Waals surface area contributed by atoms with Gasteiger partial charge in [-0.3, -0.25) is 0 Å². The Hall–Kier alpha value is -3.18. The van der Waals surface area contributed by atoms with Crippen molar-refractivity contribution in [1.29, 1.82) is 0 Å². The van der Waals surface area contributed by atoms with Crippen molar-refractivity contribution in [1.82, 2.24) is 0 Å². The summed E-state index contributed by atoms with van der Waals surface area (Å²) in [5, 5.41) is 355. The van der Waals surface area contributed by atoms with Crippen LogP contribution in [-0.4, -0.2) is 572 Å². The normalized spacial score (nSPS) is 50.9. The monoisotopic (exact) mass is 1960 g/mol. The molecule has 20 unspecified atom stereocenters. The molecule has 0 aliphatic carbocycles. The van der Waals surface area contributed by atoms with E-state index >= 15 is 0 Å². The van der Waals surface area contributed by atoms with E-state index in [1.807, 2.05) is 0 Å². The molecular weight excluding hydrogens is 1830 g/mol. The van der Waals surface area contributed by atoms with E-state index in [0.717, 1.165) is 0 Å². The van der Waals surface area contributed by atoms with Gasteiger partial charge in [-0.1, -0.05) is 27.7 Å². The van der Waals surface area contributed by atoms with Crippen molar-refractivity contribution in [3.05, 3.63) is 0 Å². The molecule has 134 heavy (non-hydrogen) atoms. The van der Waals surface area contributed by atoms with E-state index in [2.05, 4.69) is 0 Å². The van der Waals surface area contributed by atoms with Crippen molar-refractivity contribution in [3.63, 3.8) is 0 Å². The Balaban J connectivity index is 0.839. The third kappa shape index (κ3) is 23.0. The average molecular weight is 1970 g/mol. The maximum Gasteiger partial charge on any atom is 0.364 e. The van der Waals surface area contributed by atoms with Gasteiger partial charge in [-0.05, 0) is 6.92 Å². The molecule has 57 atom stereocenters. The molecule has 57 nitrogen and oxygen atoms in total. The molecule has 0 bridgehead atoms. The van der Waals surface area contributed by atoms with Crippen LogP contribution < -0.4 is 11.5 Å².